The van der Waals surface area contributed by atoms with Crippen LogP contribution in [0.15, 0.2) is 9.60 Å². The van der Waals surface area contributed by atoms with Crippen LogP contribution in [0.4, 0.5) is 0 Å². The van der Waals surface area contributed by atoms with Gasteiger partial charge in [-0.3, -0.25) is 0 Å². The van der Waals surface area contributed by atoms with Gasteiger partial charge in [0.15, 0.2) is 0 Å². The average Bonchev–Trinajstić information content (AvgIpc) is 2.59. The summed E-state index contributed by atoms with van der Waals surface area (Å²) in [6.07, 6.45) is 19.4. The Labute approximate surface area is 150 Å². The minimum atomic E-state index is 0.150. The van der Waals surface area contributed by atoms with Crippen LogP contribution in [0.1, 0.15) is 97.3 Å². The number of allylic oxidation sites excluding steroid dienone is 1. The van der Waals surface area contributed by atoms with Gasteiger partial charge < -0.3 is 0 Å². The fourth-order valence-corrected chi connectivity index (χ4v) is 6.72. The first-order valence-corrected chi connectivity index (χ1v) is 13.2. The quantitative estimate of drug-likeness (QED) is 0.378. The Morgan fingerprint density at radius 3 is 1.91 bits per heavy atom. The Morgan fingerprint density at radius 1 is 0.909 bits per heavy atom. The molecular formula is C20H37BTe. The van der Waals surface area contributed by atoms with E-state index in [2.05, 4.69) is 18.0 Å². The van der Waals surface area contributed by atoms with Crippen molar-refractivity contribution in [2.24, 2.45) is 0 Å². The molecule has 2 rings (SSSR count). The predicted octanol–water partition coefficient (Wildman–Crippen LogP) is 6.91. The molecule has 0 radical (unpaired) electrons. The van der Waals surface area contributed by atoms with Crippen molar-refractivity contribution in [2.75, 3.05) is 0 Å². The third-order valence-electron chi connectivity index (χ3n) is 5.96. The summed E-state index contributed by atoms with van der Waals surface area (Å²) in [5, 5.41) is 0. The van der Waals surface area contributed by atoms with Gasteiger partial charge in [-0.15, -0.1) is 0 Å². The molecule has 0 N–H and O–H groups in total. The van der Waals surface area contributed by atoms with Gasteiger partial charge in [0.2, 0.25) is 0 Å². The molecule has 0 aromatic carbocycles. The topological polar surface area (TPSA) is 0 Å². The van der Waals surface area contributed by atoms with Crippen molar-refractivity contribution in [1.82, 2.24) is 0 Å². The van der Waals surface area contributed by atoms with E-state index in [0.29, 0.717) is 0 Å². The second-order valence-electron chi connectivity index (χ2n) is 7.57. The van der Waals surface area contributed by atoms with Crippen molar-refractivity contribution < 1.29 is 0 Å². The fourth-order valence-electron chi connectivity index (χ4n) is 4.85. The van der Waals surface area contributed by atoms with Gasteiger partial charge in [0.1, 0.15) is 0 Å². The second-order valence-corrected chi connectivity index (χ2v) is 10.8. The van der Waals surface area contributed by atoms with Crippen LogP contribution in [-0.4, -0.2) is 27.6 Å². The van der Waals surface area contributed by atoms with E-state index < -0.39 is 0 Å². The molecule has 22 heavy (non-hydrogen) atoms. The minimum absolute atomic E-state index is 0.150. The number of hydrogen-bond acceptors (Lipinski definition) is 0. The summed E-state index contributed by atoms with van der Waals surface area (Å²) >= 11 is 0.150. The fraction of sp³-hybridized carbons (Fsp3) is 0.900. The summed E-state index contributed by atoms with van der Waals surface area (Å²) in [5.41, 5.74) is 1.95. The molecule has 0 amide bonds. The monoisotopic (exact) mass is 418 g/mol. The molecular weight excluding hydrogens is 379 g/mol. The Morgan fingerprint density at radius 2 is 1.45 bits per heavy atom. The van der Waals surface area contributed by atoms with Gasteiger partial charge in [-0.1, -0.05) is 0 Å². The zero-order chi connectivity index (χ0) is 15.6. The first-order valence-electron chi connectivity index (χ1n) is 10.2. The molecule has 0 nitrogen and oxygen atoms in total. The molecule has 0 saturated heterocycles. The van der Waals surface area contributed by atoms with E-state index in [1.165, 1.54) is 87.9 Å². The maximum absolute atomic E-state index is 2.81. The zero-order valence-electron chi connectivity index (χ0n) is 15.1. The molecule has 2 heteroatoms. The van der Waals surface area contributed by atoms with Crippen LogP contribution in [-0.2, 0) is 0 Å². The average molecular weight is 416 g/mol. The molecule has 2 aliphatic rings. The molecule has 126 valence electrons. The van der Waals surface area contributed by atoms with Crippen LogP contribution in [0.5, 0.6) is 0 Å². The van der Waals surface area contributed by atoms with Gasteiger partial charge in [0, 0.05) is 0 Å². The van der Waals surface area contributed by atoms with Crippen molar-refractivity contribution in [2.45, 2.75) is 113 Å². The summed E-state index contributed by atoms with van der Waals surface area (Å²) in [7, 11) is 0. The van der Waals surface area contributed by atoms with Gasteiger partial charge in [-0.05, 0) is 0 Å². The summed E-state index contributed by atoms with van der Waals surface area (Å²) < 4.78 is 4.26. The zero-order valence-corrected chi connectivity index (χ0v) is 17.4. The standard InChI is InChI=1S/C20H37BTe/c1-3-5-12-20(17-22-4-2)21(18-13-8-6-9-14-18)19-15-10-7-11-16-19/h17-19H,3-16H2,1-2H3/b20-17+. The third-order valence-corrected chi connectivity index (χ3v) is 8.26. The van der Waals surface area contributed by atoms with Crippen molar-refractivity contribution in [3.8, 4) is 0 Å². The maximum atomic E-state index is 2.81. The molecule has 0 aliphatic heterocycles. The van der Waals surface area contributed by atoms with E-state index >= 15 is 0 Å². The molecule has 0 bridgehead atoms. The van der Waals surface area contributed by atoms with E-state index in [1.54, 1.807) is 0 Å². The van der Waals surface area contributed by atoms with Crippen LogP contribution < -0.4 is 0 Å². The number of hydrogen-bond donors (Lipinski definition) is 0. The van der Waals surface area contributed by atoms with Crippen molar-refractivity contribution in [3.63, 3.8) is 0 Å². The van der Waals surface area contributed by atoms with Crippen molar-refractivity contribution in [3.05, 3.63) is 9.60 Å². The van der Waals surface area contributed by atoms with Crippen LogP contribution in [0.2, 0.25) is 16.1 Å². The molecule has 0 aromatic rings. The molecule has 0 aromatic heterocycles. The second kappa shape index (κ2) is 11.2. The molecule has 2 saturated carbocycles. The molecule has 0 atom stereocenters. The van der Waals surface area contributed by atoms with Gasteiger partial charge in [0.25, 0.3) is 0 Å². The van der Waals surface area contributed by atoms with Crippen LogP contribution in [0, 0.1) is 0 Å². The van der Waals surface area contributed by atoms with Gasteiger partial charge in [-0.2, -0.15) is 0 Å². The summed E-state index contributed by atoms with van der Waals surface area (Å²) in [6, 6.07) is 0. The summed E-state index contributed by atoms with van der Waals surface area (Å²) in [4.78, 5) is 0. The SMILES string of the molecule is CCCC/C(=C\[Te]CC)B(C1CCCCC1)C1CCCCC1. The van der Waals surface area contributed by atoms with E-state index in [9.17, 15) is 0 Å². The summed E-state index contributed by atoms with van der Waals surface area (Å²) in [6.45, 7) is 5.75. The third kappa shape index (κ3) is 5.90. The van der Waals surface area contributed by atoms with Gasteiger partial charge in [0.05, 0.1) is 0 Å². The van der Waals surface area contributed by atoms with Crippen LogP contribution >= 0.6 is 0 Å². The van der Waals surface area contributed by atoms with E-state index in [0.717, 1.165) is 18.3 Å². The Hall–Kier alpha value is 0.595. The molecule has 0 heterocycles. The van der Waals surface area contributed by atoms with E-state index in [1.807, 2.05) is 5.47 Å². The van der Waals surface area contributed by atoms with Crippen molar-refractivity contribution >= 4 is 27.6 Å². The first kappa shape index (κ1) is 18.9. The van der Waals surface area contributed by atoms with E-state index in [4.69, 9.17) is 0 Å². The van der Waals surface area contributed by atoms with E-state index in [-0.39, 0.29) is 20.9 Å². The predicted molar refractivity (Wildman–Crippen MR) is 103 cm³/mol. The molecule has 0 spiro atoms. The van der Waals surface area contributed by atoms with Crippen LogP contribution in [0.3, 0.4) is 0 Å². The molecule has 0 unspecified atom stereocenters. The Kier molecular flexibility index (Phi) is 9.64. The van der Waals surface area contributed by atoms with Gasteiger partial charge >= 0.3 is 151 Å². The first-order chi connectivity index (χ1) is 10.9. The number of unbranched alkanes of at least 4 members (excludes halogenated alkanes) is 1. The van der Waals surface area contributed by atoms with Gasteiger partial charge in [-0.25, -0.2) is 0 Å². The van der Waals surface area contributed by atoms with Crippen molar-refractivity contribution in [1.29, 1.82) is 0 Å². The van der Waals surface area contributed by atoms with Crippen LogP contribution in [0.25, 0.3) is 0 Å². The normalized spacial score (nSPS) is 22.0. The Bertz CT molecular complexity index is 296. The Balaban J connectivity index is 2.13. The number of rotatable bonds is 8. The summed E-state index contributed by atoms with van der Waals surface area (Å²) in [5.74, 6) is 2.09. The molecule has 2 aliphatic carbocycles. The molecule has 2 fully saturated rings.